The first-order valence-corrected chi connectivity index (χ1v) is 10.2. The molecule has 0 spiro atoms. The number of hydrogen-bond acceptors (Lipinski definition) is 4. The second-order valence-corrected chi connectivity index (χ2v) is 8.07. The van der Waals surface area contributed by atoms with E-state index in [1.54, 1.807) is 6.07 Å². The van der Waals surface area contributed by atoms with E-state index in [0.717, 1.165) is 30.8 Å². The smallest absolute Gasteiger partial charge is 0.276 e. The molecular formula is C22H21Cl2N3O2. The molecule has 29 heavy (non-hydrogen) atoms. The predicted octanol–water partition coefficient (Wildman–Crippen LogP) is 4.91. The Bertz CT molecular complexity index is 1010. The molecule has 2 heterocycles. The standard InChI is InChI=1S/C22H21Cl2N3O2/c1-15-2-5-17(6-3-15)21-13-20(25-29-21)22(28)27-10-8-26(9-11-27)14-16-4-7-18(23)19(24)12-16/h2-7,12-13H,8-11,14H2,1H3. The zero-order valence-corrected chi connectivity index (χ0v) is 17.6. The molecule has 0 atom stereocenters. The van der Waals surface area contributed by atoms with Gasteiger partial charge in [0.25, 0.3) is 5.91 Å². The van der Waals surface area contributed by atoms with Crippen LogP contribution in [0.4, 0.5) is 0 Å². The third kappa shape index (κ3) is 4.64. The lowest BCUT2D eigenvalue weighted by Gasteiger charge is -2.34. The average Bonchev–Trinajstić information content (AvgIpc) is 3.21. The lowest BCUT2D eigenvalue weighted by atomic mass is 10.1. The summed E-state index contributed by atoms with van der Waals surface area (Å²) in [6.07, 6.45) is 0. The Kier molecular flexibility index (Phi) is 5.90. The third-order valence-electron chi connectivity index (χ3n) is 5.12. The molecule has 1 fully saturated rings. The van der Waals surface area contributed by atoms with E-state index in [1.807, 2.05) is 54.3 Å². The third-order valence-corrected chi connectivity index (χ3v) is 5.85. The minimum Gasteiger partial charge on any atom is -0.355 e. The molecule has 7 heteroatoms. The summed E-state index contributed by atoms with van der Waals surface area (Å²) in [6, 6.07) is 15.3. The van der Waals surface area contributed by atoms with Gasteiger partial charge in [0.05, 0.1) is 10.0 Å². The summed E-state index contributed by atoms with van der Waals surface area (Å²) in [6.45, 7) is 5.67. The molecule has 1 aliphatic rings. The van der Waals surface area contributed by atoms with Crippen LogP contribution in [0.3, 0.4) is 0 Å². The molecule has 1 amide bonds. The average molecular weight is 430 g/mol. The molecular weight excluding hydrogens is 409 g/mol. The van der Waals surface area contributed by atoms with Crippen LogP contribution in [0.5, 0.6) is 0 Å². The van der Waals surface area contributed by atoms with Crippen molar-refractivity contribution < 1.29 is 9.32 Å². The highest BCUT2D eigenvalue weighted by atomic mass is 35.5. The lowest BCUT2D eigenvalue weighted by Crippen LogP contribution is -2.48. The number of benzene rings is 2. The second kappa shape index (κ2) is 8.57. The van der Waals surface area contributed by atoms with Crippen molar-refractivity contribution in [2.75, 3.05) is 26.2 Å². The maximum atomic E-state index is 12.8. The molecule has 3 aromatic rings. The van der Waals surface area contributed by atoms with E-state index in [-0.39, 0.29) is 5.91 Å². The van der Waals surface area contributed by atoms with Gasteiger partial charge in [0.15, 0.2) is 11.5 Å². The van der Waals surface area contributed by atoms with Gasteiger partial charge < -0.3 is 9.42 Å². The number of aromatic nitrogens is 1. The van der Waals surface area contributed by atoms with Crippen LogP contribution in [0.2, 0.25) is 10.0 Å². The zero-order chi connectivity index (χ0) is 20.4. The molecule has 0 saturated carbocycles. The van der Waals surface area contributed by atoms with Crippen molar-refractivity contribution >= 4 is 29.1 Å². The van der Waals surface area contributed by atoms with Gasteiger partial charge in [-0.25, -0.2) is 0 Å². The van der Waals surface area contributed by atoms with Crippen LogP contribution in [0, 0.1) is 6.92 Å². The van der Waals surface area contributed by atoms with Crippen LogP contribution in [0.1, 0.15) is 21.6 Å². The summed E-state index contributed by atoms with van der Waals surface area (Å²) >= 11 is 12.1. The Balaban J connectivity index is 1.35. The molecule has 150 valence electrons. The molecule has 1 aliphatic heterocycles. The van der Waals surface area contributed by atoms with Crippen LogP contribution < -0.4 is 0 Å². The van der Waals surface area contributed by atoms with Crippen LogP contribution in [0.15, 0.2) is 53.1 Å². The number of halogens is 2. The maximum absolute atomic E-state index is 12.8. The maximum Gasteiger partial charge on any atom is 0.276 e. The number of amides is 1. The van der Waals surface area contributed by atoms with E-state index in [4.69, 9.17) is 27.7 Å². The normalized spacial score (nSPS) is 14.9. The fraction of sp³-hybridized carbons (Fsp3) is 0.273. The Morgan fingerprint density at radius 1 is 1.00 bits per heavy atom. The van der Waals surface area contributed by atoms with Gasteiger partial charge in [-0.2, -0.15) is 0 Å². The quantitative estimate of drug-likeness (QED) is 0.590. The molecule has 4 rings (SSSR count). The number of nitrogens with zero attached hydrogens (tertiary/aromatic N) is 3. The second-order valence-electron chi connectivity index (χ2n) is 7.26. The minimum absolute atomic E-state index is 0.0960. The van der Waals surface area contributed by atoms with Gasteiger partial charge in [0.2, 0.25) is 0 Å². The highest BCUT2D eigenvalue weighted by Crippen LogP contribution is 2.24. The van der Waals surface area contributed by atoms with Crippen LogP contribution >= 0.6 is 23.2 Å². The Morgan fingerprint density at radius 3 is 2.41 bits per heavy atom. The van der Waals surface area contributed by atoms with E-state index < -0.39 is 0 Å². The van der Waals surface area contributed by atoms with Crippen molar-refractivity contribution in [3.8, 4) is 11.3 Å². The molecule has 2 aromatic carbocycles. The van der Waals surface area contributed by atoms with Crippen molar-refractivity contribution in [3.05, 3.63) is 75.4 Å². The summed E-state index contributed by atoms with van der Waals surface area (Å²) < 4.78 is 5.39. The molecule has 0 radical (unpaired) electrons. The van der Waals surface area contributed by atoms with Crippen LogP contribution in [-0.4, -0.2) is 47.0 Å². The van der Waals surface area contributed by atoms with Gasteiger partial charge in [-0.3, -0.25) is 9.69 Å². The molecule has 0 aliphatic carbocycles. The van der Waals surface area contributed by atoms with Crippen molar-refractivity contribution in [3.63, 3.8) is 0 Å². The molecule has 1 saturated heterocycles. The van der Waals surface area contributed by atoms with E-state index >= 15 is 0 Å². The topological polar surface area (TPSA) is 49.6 Å². The van der Waals surface area contributed by atoms with Crippen molar-refractivity contribution in [1.82, 2.24) is 15.0 Å². The number of carbonyl (C=O) groups is 1. The fourth-order valence-electron chi connectivity index (χ4n) is 3.40. The van der Waals surface area contributed by atoms with Gasteiger partial charge in [-0.05, 0) is 24.6 Å². The SMILES string of the molecule is Cc1ccc(-c2cc(C(=O)N3CCN(Cc4ccc(Cl)c(Cl)c4)CC3)no2)cc1. The van der Waals surface area contributed by atoms with E-state index in [2.05, 4.69) is 10.1 Å². The zero-order valence-electron chi connectivity index (χ0n) is 16.1. The number of rotatable bonds is 4. The molecule has 5 nitrogen and oxygen atoms in total. The Hall–Kier alpha value is -2.34. The highest BCUT2D eigenvalue weighted by Gasteiger charge is 2.25. The van der Waals surface area contributed by atoms with E-state index in [9.17, 15) is 4.79 Å². The number of piperazine rings is 1. The predicted molar refractivity (Wildman–Crippen MR) is 114 cm³/mol. The molecule has 0 bridgehead atoms. The van der Waals surface area contributed by atoms with Gasteiger partial charge >= 0.3 is 0 Å². The van der Waals surface area contributed by atoms with Gasteiger partial charge in [-0.1, -0.05) is 64.3 Å². The Labute approximate surface area is 179 Å². The van der Waals surface area contributed by atoms with Crippen LogP contribution in [-0.2, 0) is 6.54 Å². The summed E-state index contributed by atoms with van der Waals surface area (Å²) in [7, 11) is 0. The minimum atomic E-state index is -0.0960. The molecule has 0 N–H and O–H groups in total. The summed E-state index contributed by atoms with van der Waals surface area (Å²) in [5, 5.41) is 5.11. The first kappa shape index (κ1) is 20.0. The summed E-state index contributed by atoms with van der Waals surface area (Å²) in [5.74, 6) is 0.507. The fourth-order valence-corrected chi connectivity index (χ4v) is 3.72. The summed E-state index contributed by atoms with van der Waals surface area (Å²) in [5.41, 5.74) is 3.54. The van der Waals surface area contributed by atoms with Crippen LogP contribution in [0.25, 0.3) is 11.3 Å². The number of carbonyl (C=O) groups excluding carboxylic acids is 1. The van der Waals surface area contributed by atoms with E-state index in [1.165, 1.54) is 5.56 Å². The van der Waals surface area contributed by atoms with Crippen molar-refractivity contribution in [2.45, 2.75) is 13.5 Å². The number of hydrogen-bond donors (Lipinski definition) is 0. The highest BCUT2D eigenvalue weighted by molar-refractivity contribution is 6.42. The molecule has 0 unspecified atom stereocenters. The summed E-state index contributed by atoms with van der Waals surface area (Å²) in [4.78, 5) is 16.9. The van der Waals surface area contributed by atoms with Crippen molar-refractivity contribution in [2.24, 2.45) is 0 Å². The first-order chi connectivity index (χ1) is 14.0. The van der Waals surface area contributed by atoms with Crippen molar-refractivity contribution in [1.29, 1.82) is 0 Å². The molecule has 1 aromatic heterocycles. The monoisotopic (exact) mass is 429 g/mol. The van der Waals surface area contributed by atoms with Gasteiger partial charge in [0.1, 0.15) is 0 Å². The number of aryl methyl sites for hydroxylation is 1. The Morgan fingerprint density at radius 2 is 1.72 bits per heavy atom. The largest absolute Gasteiger partial charge is 0.355 e. The van der Waals surface area contributed by atoms with Gasteiger partial charge in [-0.15, -0.1) is 0 Å². The van der Waals surface area contributed by atoms with E-state index in [0.29, 0.717) is 34.6 Å². The van der Waals surface area contributed by atoms with Gasteiger partial charge in [0, 0.05) is 44.4 Å². The first-order valence-electron chi connectivity index (χ1n) is 9.49. The lowest BCUT2D eigenvalue weighted by molar-refractivity contribution is 0.0618.